The summed E-state index contributed by atoms with van der Waals surface area (Å²) in [6.07, 6.45) is 8.39. The summed E-state index contributed by atoms with van der Waals surface area (Å²) in [6, 6.07) is 11.4. The molecule has 1 saturated carbocycles. The predicted octanol–water partition coefficient (Wildman–Crippen LogP) is 4.50. The fraction of sp³-hybridized carbons (Fsp3) is 0.560. The van der Waals surface area contributed by atoms with Crippen molar-refractivity contribution < 1.29 is 0 Å². The van der Waals surface area contributed by atoms with Crippen molar-refractivity contribution in [2.24, 2.45) is 5.92 Å². The lowest BCUT2D eigenvalue weighted by Crippen LogP contribution is -2.37. The van der Waals surface area contributed by atoms with E-state index >= 15 is 0 Å². The van der Waals surface area contributed by atoms with Gasteiger partial charge in [-0.15, -0.1) is 0 Å². The standard InChI is InChI=1S/C25H34N6S/c1-18-10-13-30(14-11-18)22-16-23(31-15-12-19-6-2-3-7-20(19)17-31)28-24(27-22)29-25(32)26-21-8-4-5-9-21/h2-3,6-7,16,18,21H,4-5,8-15,17H2,1H3,(H2,26,27,28,29,32). The van der Waals surface area contributed by atoms with Crippen LogP contribution in [0.1, 0.15) is 56.6 Å². The Balaban J connectivity index is 1.38. The van der Waals surface area contributed by atoms with Crippen LogP contribution in [0.15, 0.2) is 30.3 Å². The minimum Gasteiger partial charge on any atom is -0.360 e. The van der Waals surface area contributed by atoms with Crippen molar-refractivity contribution >= 4 is 34.9 Å². The van der Waals surface area contributed by atoms with Gasteiger partial charge < -0.3 is 20.4 Å². The first-order valence-electron chi connectivity index (χ1n) is 12.2. The fourth-order valence-electron chi connectivity index (χ4n) is 5.12. The van der Waals surface area contributed by atoms with Crippen molar-refractivity contribution in [2.45, 2.75) is 64.5 Å². The van der Waals surface area contributed by atoms with Crippen molar-refractivity contribution in [3.05, 3.63) is 41.5 Å². The predicted molar refractivity (Wildman–Crippen MR) is 135 cm³/mol. The van der Waals surface area contributed by atoms with Crippen molar-refractivity contribution in [2.75, 3.05) is 34.8 Å². The quantitative estimate of drug-likeness (QED) is 0.665. The molecule has 3 heterocycles. The lowest BCUT2D eigenvalue weighted by Gasteiger charge is -2.33. The van der Waals surface area contributed by atoms with Crippen molar-refractivity contribution in [3.8, 4) is 0 Å². The molecule has 0 amide bonds. The van der Waals surface area contributed by atoms with Gasteiger partial charge in [0.25, 0.3) is 0 Å². The van der Waals surface area contributed by atoms with Crippen LogP contribution in [0.3, 0.4) is 0 Å². The van der Waals surface area contributed by atoms with Crippen LogP contribution in [0.4, 0.5) is 17.6 Å². The SMILES string of the molecule is CC1CCN(c2cc(N3CCc4ccccc4C3)nc(NC(=S)NC3CCCC3)n2)CC1. The number of nitrogens with one attached hydrogen (secondary N) is 2. The van der Waals surface area contributed by atoms with E-state index in [-0.39, 0.29) is 0 Å². The zero-order valence-electron chi connectivity index (χ0n) is 19.0. The van der Waals surface area contributed by atoms with E-state index in [0.29, 0.717) is 17.1 Å². The molecule has 1 aliphatic carbocycles. The van der Waals surface area contributed by atoms with Gasteiger partial charge in [0.05, 0.1) is 0 Å². The molecule has 5 rings (SSSR count). The van der Waals surface area contributed by atoms with Crippen LogP contribution in [0.2, 0.25) is 0 Å². The molecule has 0 atom stereocenters. The summed E-state index contributed by atoms with van der Waals surface area (Å²) in [6.45, 7) is 6.28. The van der Waals surface area contributed by atoms with Crippen LogP contribution in [0.5, 0.6) is 0 Å². The molecule has 3 aliphatic rings. The lowest BCUT2D eigenvalue weighted by molar-refractivity contribution is 0.436. The number of benzene rings is 1. The van der Waals surface area contributed by atoms with Gasteiger partial charge in [-0.2, -0.15) is 9.97 Å². The average molecular weight is 451 g/mol. The van der Waals surface area contributed by atoms with Gasteiger partial charge in [-0.05, 0) is 61.4 Å². The number of anilines is 3. The molecule has 2 fully saturated rings. The normalized spacial score (nSPS) is 19.7. The topological polar surface area (TPSA) is 56.3 Å². The Morgan fingerprint density at radius 2 is 1.62 bits per heavy atom. The molecule has 0 radical (unpaired) electrons. The van der Waals surface area contributed by atoms with E-state index in [1.165, 1.54) is 49.7 Å². The van der Waals surface area contributed by atoms with Gasteiger partial charge >= 0.3 is 0 Å². The maximum Gasteiger partial charge on any atom is 0.232 e. The zero-order chi connectivity index (χ0) is 21.9. The molecule has 2 N–H and O–H groups in total. The highest BCUT2D eigenvalue weighted by Gasteiger charge is 2.23. The van der Waals surface area contributed by atoms with Gasteiger partial charge in [-0.3, -0.25) is 0 Å². The molecule has 2 aliphatic heterocycles. The molecule has 0 bridgehead atoms. The summed E-state index contributed by atoms with van der Waals surface area (Å²) in [5.41, 5.74) is 2.84. The van der Waals surface area contributed by atoms with Gasteiger partial charge in [0, 0.05) is 38.3 Å². The first-order valence-corrected chi connectivity index (χ1v) is 12.6. The second-order valence-electron chi connectivity index (χ2n) is 9.60. The summed E-state index contributed by atoms with van der Waals surface area (Å²) in [5, 5.41) is 7.39. The number of hydrogen-bond donors (Lipinski definition) is 2. The van der Waals surface area contributed by atoms with E-state index in [1.807, 2.05) is 0 Å². The van der Waals surface area contributed by atoms with Gasteiger partial charge in [0.2, 0.25) is 5.95 Å². The van der Waals surface area contributed by atoms with Crippen LogP contribution in [0, 0.1) is 5.92 Å². The molecule has 0 unspecified atom stereocenters. The Hall–Kier alpha value is -2.41. The highest BCUT2D eigenvalue weighted by Crippen LogP contribution is 2.29. The van der Waals surface area contributed by atoms with Gasteiger partial charge in [-0.1, -0.05) is 44.0 Å². The number of thiocarbonyl (C=S) groups is 1. The maximum absolute atomic E-state index is 5.61. The van der Waals surface area contributed by atoms with Gasteiger partial charge in [-0.25, -0.2) is 0 Å². The second-order valence-corrected chi connectivity index (χ2v) is 10.0. The van der Waals surface area contributed by atoms with Crippen LogP contribution in [0.25, 0.3) is 0 Å². The number of fused-ring (bicyclic) bond motifs is 1. The Kier molecular flexibility index (Phi) is 6.44. The Morgan fingerprint density at radius 3 is 2.38 bits per heavy atom. The number of nitrogens with zero attached hydrogens (tertiary/aromatic N) is 4. The molecule has 32 heavy (non-hydrogen) atoms. The molecule has 0 spiro atoms. The largest absolute Gasteiger partial charge is 0.360 e. The monoisotopic (exact) mass is 450 g/mol. The van der Waals surface area contributed by atoms with Crippen LogP contribution in [-0.4, -0.2) is 40.8 Å². The molecule has 2 aromatic rings. The van der Waals surface area contributed by atoms with Crippen LogP contribution >= 0.6 is 12.2 Å². The van der Waals surface area contributed by atoms with E-state index in [2.05, 4.69) is 57.7 Å². The molecule has 1 aromatic carbocycles. The number of piperidine rings is 1. The molecular weight excluding hydrogens is 416 g/mol. The summed E-state index contributed by atoms with van der Waals surface area (Å²) < 4.78 is 0. The second kappa shape index (κ2) is 9.61. The van der Waals surface area contributed by atoms with Crippen LogP contribution in [-0.2, 0) is 13.0 Å². The van der Waals surface area contributed by atoms with Crippen molar-refractivity contribution in [1.82, 2.24) is 15.3 Å². The third kappa shape index (κ3) is 4.98. The maximum atomic E-state index is 5.61. The molecule has 1 saturated heterocycles. The van der Waals surface area contributed by atoms with Crippen LogP contribution < -0.4 is 20.4 Å². The molecule has 6 nitrogen and oxygen atoms in total. The smallest absolute Gasteiger partial charge is 0.232 e. The third-order valence-corrected chi connectivity index (χ3v) is 7.40. The van der Waals surface area contributed by atoms with Gasteiger partial charge in [0.15, 0.2) is 5.11 Å². The molecular formula is C25H34N6S. The zero-order valence-corrected chi connectivity index (χ0v) is 19.8. The molecule has 7 heteroatoms. The Bertz CT molecular complexity index is 949. The Morgan fingerprint density at radius 1 is 0.938 bits per heavy atom. The van der Waals surface area contributed by atoms with Gasteiger partial charge in [0.1, 0.15) is 11.6 Å². The van der Waals surface area contributed by atoms with E-state index in [9.17, 15) is 0 Å². The highest BCUT2D eigenvalue weighted by atomic mass is 32.1. The molecule has 170 valence electrons. The first kappa shape index (κ1) is 21.4. The summed E-state index contributed by atoms with van der Waals surface area (Å²) in [5.74, 6) is 3.37. The summed E-state index contributed by atoms with van der Waals surface area (Å²) >= 11 is 5.61. The molecule has 1 aromatic heterocycles. The first-order chi connectivity index (χ1) is 15.6. The number of hydrogen-bond acceptors (Lipinski definition) is 5. The average Bonchev–Trinajstić information content (AvgIpc) is 3.32. The minimum atomic E-state index is 0.472. The fourth-order valence-corrected chi connectivity index (χ4v) is 5.38. The summed E-state index contributed by atoms with van der Waals surface area (Å²) in [4.78, 5) is 14.6. The Labute approximate surface area is 196 Å². The summed E-state index contributed by atoms with van der Waals surface area (Å²) in [7, 11) is 0. The minimum absolute atomic E-state index is 0.472. The lowest BCUT2D eigenvalue weighted by atomic mass is 9.99. The van der Waals surface area contributed by atoms with Crippen molar-refractivity contribution in [1.29, 1.82) is 0 Å². The van der Waals surface area contributed by atoms with E-state index in [1.54, 1.807) is 0 Å². The number of rotatable bonds is 4. The van der Waals surface area contributed by atoms with E-state index < -0.39 is 0 Å². The number of aromatic nitrogens is 2. The van der Waals surface area contributed by atoms with Crippen molar-refractivity contribution in [3.63, 3.8) is 0 Å². The van der Waals surface area contributed by atoms with E-state index in [0.717, 1.165) is 50.2 Å². The highest BCUT2D eigenvalue weighted by molar-refractivity contribution is 7.80. The van der Waals surface area contributed by atoms with E-state index in [4.69, 9.17) is 22.2 Å². The third-order valence-electron chi connectivity index (χ3n) is 7.18.